The number of nitrogens with zero attached hydrogens (tertiary/aromatic N) is 4. The van der Waals surface area contributed by atoms with E-state index < -0.39 is 16.9 Å². The lowest BCUT2D eigenvalue weighted by molar-refractivity contribution is -0.384. The molecule has 0 saturated heterocycles. The van der Waals surface area contributed by atoms with Gasteiger partial charge < -0.3 is 9.64 Å². The van der Waals surface area contributed by atoms with Crippen LogP contribution in [0, 0.1) is 10.1 Å². The lowest BCUT2D eigenvalue weighted by atomic mass is 10.1. The summed E-state index contributed by atoms with van der Waals surface area (Å²) in [6, 6.07) is 8.35. The van der Waals surface area contributed by atoms with Crippen molar-refractivity contribution in [2.45, 2.75) is 19.5 Å². The molecule has 1 aromatic carbocycles. The number of nitro benzene ring substituents is 1. The fraction of sp³-hybridized carbons (Fsp3) is 0.353. The van der Waals surface area contributed by atoms with Crippen LogP contribution in [0.3, 0.4) is 0 Å². The van der Waals surface area contributed by atoms with Crippen LogP contribution in [0.15, 0.2) is 41.2 Å². The van der Waals surface area contributed by atoms with E-state index in [1.807, 2.05) is 0 Å². The number of amides is 1. The van der Waals surface area contributed by atoms with Crippen molar-refractivity contribution >= 4 is 11.6 Å². The summed E-state index contributed by atoms with van der Waals surface area (Å²) >= 11 is 0. The molecule has 0 spiro atoms. The Balaban J connectivity index is 2.24. The van der Waals surface area contributed by atoms with E-state index in [1.165, 1.54) is 41.0 Å². The summed E-state index contributed by atoms with van der Waals surface area (Å²) in [5, 5.41) is 15.0. The first-order chi connectivity index (χ1) is 12.3. The maximum Gasteiger partial charge on any atom is 0.274 e. The fourth-order valence-electron chi connectivity index (χ4n) is 2.38. The predicted molar refractivity (Wildman–Crippen MR) is 94.0 cm³/mol. The molecule has 0 radical (unpaired) electrons. The Hall–Kier alpha value is -3.07. The van der Waals surface area contributed by atoms with Gasteiger partial charge in [-0.25, -0.2) is 4.68 Å². The molecule has 9 heteroatoms. The van der Waals surface area contributed by atoms with Crippen LogP contribution >= 0.6 is 0 Å². The molecule has 0 aliphatic heterocycles. The molecule has 26 heavy (non-hydrogen) atoms. The van der Waals surface area contributed by atoms with Gasteiger partial charge in [0.15, 0.2) is 0 Å². The Morgan fingerprint density at radius 3 is 2.77 bits per heavy atom. The van der Waals surface area contributed by atoms with Crippen LogP contribution in [0.4, 0.5) is 5.69 Å². The summed E-state index contributed by atoms with van der Waals surface area (Å²) in [5.74, 6) is -0.393. The van der Waals surface area contributed by atoms with E-state index in [2.05, 4.69) is 5.10 Å². The van der Waals surface area contributed by atoms with E-state index in [0.29, 0.717) is 12.2 Å². The lowest BCUT2D eigenvalue weighted by Crippen LogP contribution is -2.33. The van der Waals surface area contributed by atoms with Crippen molar-refractivity contribution in [1.82, 2.24) is 14.7 Å². The SMILES string of the molecule is COCCn1nc(C(=O)N(C)[C@H](C)c2cccc([N+](=O)[O-])c2)ccc1=O. The van der Waals surface area contributed by atoms with Gasteiger partial charge in [-0.3, -0.25) is 19.7 Å². The number of aromatic nitrogens is 2. The molecule has 2 aromatic rings. The molecule has 0 saturated carbocycles. The third-order valence-electron chi connectivity index (χ3n) is 4.06. The van der Waals surface area contributed by atoms with Crippen LogP contribution in [-0.2, 0) is 11.3 Å². The van der Waals surface area contributed by atoms with Crippen molar-refractivity contribution < 1.29 is 14.5 Å². The van der Waals surface area contributed by atoms with Gasteiger partial charge in [0.1, 0.15) is 5.69 Å². The van der Waals surface area contributed by atoms with Gasteiger partial charge in [-0.2, -0.15) is 5.10 Å². The minimum atomic E-state index is -0.481. The average Bonchev–Trinajstić information content (AvgIpc) is 2.65. The Bertz CT molecular complexity index is 864. The first kappa shape index (κ1) is 19.3. The Morgan fingerprint density at radius 2 is 2.12 bits per heavy atom. The zero-order valence-corrected chi connectivity index (χ0v) is 14.8. The minimum Gasteiger partial charge on any atom is -0.383 e. The quantitative estimate of drug-likeness (QED) is 0.548. The Morgan fingerprint density at radius 1 is 1.38 bits per heavy atom. The topological polar surface area (TPSA) is 108 Å². The van der Waals surface area contributed by atoms with E-state index in [0.717, 1.165) is 0 Å². The third kappa shape index (κ3) is 4.31. The van der Waals surface area contributed by atoms with Gasteiger partial charge in [0.2, 0.25) is 0 Å². The van der Waals surface area contributed by atoms with E-state index >= 15 is 0 Å². The van der Waals surface area contributed by atoms with Gasteiger partial charge in [-0.05, 0) is 18.6 Å². The summed E-state index contributed by atoms with van der Waals surface area (Å²) in [6.45, 7) is 2.29. The fourth-order valence-corrected chi connectivity index (χ4v) is 2.38. The number of ether oxygens (including phenoxy) is 1. The van der Waals surface area contributed by atoms with Crippen LogP contribution in [0.25, 0.3) is 0 Å². The van der Waals surface area contributed by atoms with Crippen molar-refractivity contribution in [3.05, 3.63) is 68.1 Å². The standard InChI is InChI=1S/C17H20N4O5/c1-12(13-5-4-6-14(11-13)21(24)25)19(2)17(23)15-7-8-16(22)20(18-15)9-10-26-3/h4-8,11-12H,9-10H2,1-3H3/t12-/m1/s1. The minimum absolute atomic E-state index is 0.0403. The molecule has 0 bridgehead atoms. The number of benzene rings is 1. The highest BCUT2D eigenvalue weighted by Gasteiger charge is 2.22. The second kappa shape index (κ2) is 8.34. The number of methoxy groups -OCH3 is 1. The first-order valence-corrected chi connectivity index (χ1v) is 7.93. The largest absolute Gasteiger partial charge is 0.383 e. The molecule has 2 rings (SSSR count). The summed E-state index contributed by atoms with van der Waals surface area (Å²) in [6.07, 6.45) is 0. The normalized spacial score (nSPS) is 11.8. The van der Waals surface area contributed by atoms with E-state index in [1.54, 1.807) is 26.1 Å². The number of carbonyl (C=O) groups excluding carboxylic acids is 1. The van der Waals surface area contributed by atoms with Gasteiger partial charge in [0.05, 0.1) is 24.1 Å². The number of nitro groups is 1. The summed E-state index contributed by atoms with van der Waals surface area (Å²) in [4.78, 5) is 36.4. The highest BCUT2D eigenvalue weighted by molar-refractivity contribution is 5.92. The summed E-state index contributed by atoms with van der Waals surface area (Å²) < 4.78 is 6.09. The van der Waals surface area contributed by atoms with E-state index in [-0.39, 0.29) is 23.5 Å². The highest BCUT2D eigenvalue weighted by atomic mass is 16.6. The zero-order chi connectivity index (χ0) is 19.3. The van der Waals surface area contributed by atoms with Gasteiger partial charge in [-0.15, -0.1) is 0 Å². The predicted octanol–water partition coefficient (Wildman–Crippen LogP) is 1.63. The molecule has 1 aromatic heterocycles. The number of hydrogen-bond acceptors (Lipinski definition) is 6. The molecule has 9 nitrogen and oxygen atoms in total. The molecule has 0 unspecified atom stereocenters. The molecule has 0 fully saturated rings. The van der Waals surface area contributed by atoms with Gasteiger partial charge in [0.25, 0.3) is 17.2 Å². The van der Waals surface area contributed by atoms with Crippen molar-refractivity contribution in [2.24, 2.45) is 0 Å². The molecule has 0 aliphatic rings. The second-order valence-electron chi connectivity index (χ2n) is 5.72. The van der Waals surface area contributed by atoms with Crippen molar-refractivity contribution in [3.63, 3.8) is 0 Å². The van der Waals surface area contributed by atoms with Gasteiger partial charge >= 0.3 is 0 Å². The number of rotatable bonds is 7. The molecular formula is C17H20N4O5. The number of hydrogen-bond donors (Lipinski definition) is 0. The molecular weight excluding hydrogens is 340 g/mol. The van der Waals surface area contributed by atoms with Crippen LogP contribution in [0.2, 0.25) is 0 Å². The zero-order valence-electron chi connectivity index (χ0n) is 14.8. The molecule has 1 heterocycles. The second-order valence-corrected chi connectivity index (χ2v) is 5.72. The van der Waals surface area contributed by atoms with Crippen LogP contribution < -0.4 is 5.56 Å². The van der Waals surface area contributed by atoms with E-state index in [4.69, 9.17) is 4.74 Å². The molecule has 0 aliphatic carbocycles. The monoisotopic (exact) mass is 360 g/mol. The first-order valence-electron chi connectivity index (χ1n) is 7.93. The smallest absolute Gasteiger partial charge is 0.274 e. The van der Waals surface area contributed by atoms with Crippen LogP contribution in [0.1, 0.15) is 29.0 Å². The van der Waals surface area contributed by atoms with Gasteiger partial charge in [0, 0.05) is 32.4 Å². The van der Waals surface area contributed by atoms with Crippen LogP contribution in [-0.4, -0.2) is 46.3 Å². The van der Waals surface area contributed by atoms with Crippen LogP contribution in [0.5, 0.6) is 0 Å². The number of non-ortho nitro benzene ring substituents is 1. The Kier molecular flexibility index (Phi) is 6.18. The summed E-state index contributed by atoms with van der Waals surface area (Å²) in [5.41, 5.74) is 0.373. The maximum atomic E-state index is 12.7. The third-order valence-corrected chi connectivity index (χ3v) is 4.06. The molecule has 138 valence electrons. The average molecular weight is 360 g/mol. The summed E-state index contributed by atoms with van der Waals surface area (Å²) in [7, 11) is 3.09. The van der Waals surface area contributed by atoms with Crippen molar-refractivity contribution in [1.29, 1.82) is 0 Å². The molecule has 0 N–H and O–H groups in total. The maximum absolute atomic E-state index is 12.7. The van der Waals surface area contributed by atoms with Gasteiger partial charge in [-0.1, -0.05) is 12.1 Å². The molecule has 1 amide bonds. The van der Waals surface area contributed by atoms with Crippen molar-refractivity contribution in [2.75, 3.05) is 20.8 Å². The Labute approximate surface area is 150 Å². The number of carbonyl (C=O) groups is 1. The lowest BCUT2D eigenvalue weighted by Gasteiger charge is -2.25. The molecule has 1 atom stereocenters. The van der Waals surface area contributed by atoms with E-state index in [9.17, 15) is 19.7 Å². The highest BCUT2D eigenvalue weighted by Crippen LogP contribution is 2.23. The van der Waals surface area contributed by atoms with Crippen molar-refractivity contribution in [3.8, 4) is 0 Å².